The van der Waals surface area contributed by atoms with E-state index < -0.39 is 23.7 Å². The molecule has 1 fully saturated rings. The van der Waals surface area contributed by atoms with Crippen LogP contribution in [0.2, 0.25) is 0 Å². The molecule has 1 saturated heterocycles. The Morgan fingerprint density at radius 2 is 1.89 bits per heavy atom. The number of amides is 1. The Labute approximate surface area is 216 Å². The van der Waals surface area contributed by atoms with Gasteiger partial charge in [0.2, 0.25) is 5.89 Å². The summed E-state index contributed by atoms with van der Waals surface area (Å²) >= 11 is 0. The number of alkyl halides is 2. The second kappa shape index (κ2) is 9.99. The Bertz CT molecular complexity index is 1490. The highest BCUT2D eigenvalue weighted by atomic mass is 19.3. The van der Waals surface area contributed by atoms with Gasteiger partial charge in [-0.25, -0.2) is 9.59 Å². The third-order valence-electron chi connectivity index (χ3n) is 6.33. The number of hydrogen-bond acceptors (Lipinski definition) is 8. The highest BCUT2D eigenvalue weighted by Gasteiger charge is 2.28. The number of rotatable bonds is 5. The summed E-state index contributed by atoms with van der Waals surface area (Å²) in [5, 5.41) is 6.92. The maximum Gasteiger partial charge on any atom is 0.420 e. The Morgan fingerprint density at radius 1 is 1.13 bits per heavy atom. The smallest absolute Gasteiger partial charge is 0.420 e. The highest BCUT2D eigenvalue weighted by Crippen LogP contribution is 2.31. The van der Waals surface area contributed by atoms with Gasteiger partial charge in [-0.1, -0.05) is 6.07 Å². The van der Waals surface area contributed by atoms with E-state index >= 15 is 0 Å². The molecule has 0 N–H and O–H groups in total. The van der Waals surface area contributed by atoms with Crippen molar-refractivity contribution in [2.24, 2.45) is 0 Å². The van der Waals surface area contributed by atoms with Gasteiger partial charge in [0.1, 0.15) is 5.60 Å². The molecule has 4 aromatic rings. The summed E-state index contributed by atoms with van der Waals surface area (Å²) in [6, 6.07) is 8.98. The number of benzene rings is 1. The summed E-state index contributed by atoms with van der Waals surface area (Å²) in [6.07, 6.45) is -0.163. The van der Waals surface area contributed by atoms with Gasteiger partial charge in [-0.3, -0.25) is 9.55 Å². The Morgan fingerprint density at radius 3 is 2.53 bits per heavy atom. The van der Waals surface area contributed by atoms with Crippen molar-refractivity contribution in [1.82, 2.24) is 24.6 Å². The summed E-state index contributed by atoms with van der Waals surface area (Å²) in [4.78, 5) is 31.0. The summed E-state index contributed by atoms with van der Waals surface area (Å²) in [7, 11) is 0. The molecule has 0 saturated carbocycles. The zero-order valence-electron chi connectivity index (χ0n) is 21.2. The van der Waals surface area contributed by atoms with Gasteiger partial charge in [-0.05, 0) is 69.4 Å². The number of pyridine rings is 1. The number of fused-ring (bicyclic) bond motifs is 1. The van der Waals surface area contributed by atoms with E-state index in [0.29, 0.717) is 35.4 Å². The number of oxazole rings is 1. The van der Waals surface area contributed by atoms with E-state index in [1.54, 1.807) is 17.0 Å². The first-order valence-electron chi connectivity index (χ1n) is 12.3. The van der Waals surface area contributed by atoms with Crippen LogP contribution in [0, 0.1) is 0 Å². The summed E-state index contributed by atoms with van der Waals surface area (Å²) in [5.41, 5.74) is 2.58. The van der Waals surface area contributed by atoms with Crippen LogP contribution >= 0.6 is 0 Å². The van der Waals surface area contributed by atoms with E-state index in [2.05, 4.69) is 15.2 Å². The van der Waals surface area contributed by atoms with Crippen LogP contribution in [-0.2, 0) is 11.3 Å². The third kappa shape index (κ3) is 5.43. The molecule has 10 nitrogen and oxygen atoms in total. The van der Waals surface area contributed by atoms with Gasteiger partial charge in [0.05, 0.1) is 23.3 Å². The highest BCUT2D eigenvalue weighted by molar-refractivity contribution is 5.74. The van der Waals surface area contributed by atoms with Gasteiger partial charge < -0.3 is 18.5 Å². The number of halogens is 2. The predicted octanol–water partition coefficient (Wildman–Crippen LogP) is 5.14. The molecule has 0 atom stereocenters. The average Bonchev–Trinajstić information content (AvgIpc) is 3.49. The summed E-state index contributed by atoms with van der Waals surface area (Å²) in [6.45, 7) is 6.89. The van der Waals surface area contributed by atoms with Crippen molar-refractivity contribution >= 4 is 17.2 Å². The average molecular weight is 528 g/mol. The Hall–Kier alpha value is -4.09. The van der Waals surface area contributed by atoms with Crippen molar-refractivity contribution < 1.29 is 27.1 Å². The van der Waals surface area contributed by atoms with Crippen LogP contribution in [0.1, 0.15) is 63.1 Å². The third-order valence-corrected chi connectivity index (χ3v) is 6.33. The standard InChI is InChI=1S/C26H27F2N5O5/c1-26(2,3)38-24(34)32-10-8-15(9-11-32)16-5-7-19-20(12-16)36-25(35)33(19)14-18-6-4-17(13-29-18)22-30-31-23(37-22)21(27)28/h4-7,12-13,15,21H,8-11,14H2,1-3H3. The number of carbonyl (C=O) groups is 1. The molecule has 0 spiro atoms. The van der Waals surface area contributed by atoms with Crippen LogP contribution in [0.15, 0.2) is 50.2 Å². The van der Waals surface area contributed by atoms with Crippen LogP contribution in [0.5, 0.6) is 0 Å². The van der Waals surface area contributed by atoms with Crippen LogP contribution in [0.25, 0.3) is 22.6 Å². The number of piperidine rings is 1. The van der Waals surface area contributed by atoms with Crippen LogP contribution in [0.3, 0.4) is 0 Å². The van der Waals surface area contributed by atoms with E-state index in [1.165, 1.54) is 10.8 Å². The zero-order valence-corrected chi connectivity index (χ0v) is 21.2. The van der Waals surface area contributed by atoms with Gasteiger partial charge >= 0.3 is 18.3 Å². The molecule has 1 aliphatic rings. The number of aromatic nitrogens is 4. The van der Waals surface area contributed by atoms with Gasteiger partial charge in [-0.2, -0.15) is 8.78 Å². The molecule has 38 heavy (non-hydrogen) atoms. The molecule has 1 aliphatic heterocycles. The number of carbonyl (C=O) groups excluding carboxylic acids is 1. The molecule has 3 aromatic heterocycles. The summed E-state index contributed by atoms with van der Waals surface area (Å²) < 4.78 is 42.8. The van der Waals surface area contributed by atoms with E-state index in [0.717, 1.165) is 18.4 Å². The van der Waals surface area contributed by atoms with Crippen molar-refractivity contribution in [3.05, 3.63) is 64.2 Å². The van der Waals surface area contributed by atoms with Crippen LogP contribution < -0.4 is 5.76 Å². The van der Waals surface area contributed by atoms with Gasteiger partial charge in [-0.15, -0.1) is 10.2 Å². The first kappa shape index (κ1) is 25.6. The minimum Gasteiger partial charge on any atom is -0.444 e. The predicted molar refractivity (Wildman–Crippen MR) is 132 cm³/mol. The lowest BCUT2D eigenvalue weighted by Crippen LogP contribution is -2.41. The van der Waals surface area contributed by atoms with Crippen molar-refractivity contribution in [2.45, 2.75) is 58.1 Å². The second-order valence-electron chi connectivity index (χ2n) is 10.2. The molecule has 1 aromatic carbocycles. The molecule has 0 unspecified atom stereocenters. The quantitative estimate of drug-likeness (QED) is 0.350. The van der Waals surface area contributed by atoms with Gasteiger partial charge in [0, 0.05) is 19.3 Å². The lowest BCUT2D eigenvalue weighted by atomic mass is 9.89. The summed E-state index contributed by atoms with van der Waals surface area (Å²) in [5.74, 6) is -1.10. The first-order valence-corrected chi connectivity index (χ1v) is 12.3. The molecule has 0 aliphatic carbocycles. The molecular formula is C26H27F2N5O5. The fourth-order valence-corrected chi connectivity index (χ4v) is 4.45. The van der Waals surface area contributed by atoms with Crippen molar-refractivity contribution in [3.63, 3.8) is 0 Å². The van der Waals surface area contributed by atoms with E-state index in [4.69, 9.17) is 13.6 Å². The fraction of sp³-hybridized carbons (Fsp3) is 0.423. The van der Waals surface area contributed by atoms with Gasteiger partial charge in [0.25, 0.3) is 5.89 Å². The lowest BCUT2D eigenvalue weighted by Gasteiger charge is -2.33. The molecule has 1 amide bonds. The number of nitrogens with zero attached hydrogens (tertiary/aromatic N) is 5. The van der Waals surface area contributed by atoms with Crippen LogP contribution in [0.4, 0.5) is 13.6 Å². The van der Waals surface area contributed by atoms with E-state index in [-0.39, 0.29) is 24.4 Å². The largest absolute Gasteiger partial charge is 0.444 e. The van der Waals surface area contributed by atoms with E-state index in [9.17, 15) is 18.4 Å². The molecule has 5 rings (SSSR count). The van der Waals surface area contributed by atoms with Crippen LogP contribution in [-0.4, -0.2) is 49.4 Å². The molecule has 0 radical (unpaired) electrons. The van der Waals surface area contributed by atoms with Crippen molar-refractivity contribution in [1.29, 1.82) is 0 Å². The normalized spacial score (nSPS) is 14.9. The minimum absolute atomic E-state index is 0.0604. The van der Waals surface area contributed by atoms with Gasteiger partial charge in [0.15, 0.2) is 5.58 Å². The van der Waals surface area contributed by atoms with Crippen molar-refractivity contribution in [2.75, 3.05) is 13.1 Å². The maximum absolute atomic E-state index is 12.7. The molecule has 4 heterocycles. The Balaban J connectivity index is 1.27. The molecule has 0 bridgehead atoms. The fourth-order valence-electron chi connectivity index (χ4n) is 4.45. The second-order valence-corrected chi connectivity index (χ2v) is 10.2. The van der Waals surface area contributed by atoms with Crippen molar-refractivity contribution in [3.8, 4) is 11.5 Å². The first-order chi connectivity index (χ1) is 18.1. The molecule has 12 heteroatoms. The number of ether oxygens (including phenoxy) is 1. The number of hydrogen-bond donors (Lipinski definition) is 0. The Kier molecular flexibility index (Phi) is 6.72. The molecule has 200 valence electrons. The monoisotopic (exact) mass is 527 g/mol. The minimum atomic E-state index is -2.85. The zero-order chi connectivity index (χ0) is 27.0. The topological polar surface area (TPSA) is 116 Å². The molecular weight excluding hydrogens is 500 g/mol. The lowest BCUT2D eigenvalue weighted by molar-refractivity contribution is 0.0205. The maximum atomic E-state index is 12.7. The SMILES string of the molecule is CC(C)(C)OC(=O)N1CCC(c2ccc3c(c2)oc(=O)n3Cc2ccc(-c3nnc(C(F)F)o3)cn2)CC1. The van der Waals surface area contributed by atoms with E-state index in [1.807, 2.05) is 39.0 Å². The number of likely N-dealkylation sites (tertiary alicyclic amines) is 1.